The van der Waals surface area contributed by atoms with Gasteiger partial charge in [0.2, 0.25) is 0 Å². The van der Waals surface area contributed by atoms with Gasteiger partial charge in [0.1, 0.15) is 4.90 Å². The van der Waals surface area contributed by atoms with Gasteiger partial charge in [-0.05, 0) is 13.0 Å². The maximum absolute atomic E-state index is 11.7. The van der Waals surface area contributed by atoms with E-state index in [-0.39, 0.29) is 5.92 Å². The quantitative estimate of drug-likeness (QED) is 0.858. The van der Waals surface area contributed by atoms with Crippen LogP contribution in [0, 0.1) is 0 Å². The van der Waals surface area contributed by atoms with Crippen LogP contribution in [0.1, 0.15) is 23.7 Å². The predicted molar refractivity (Wildman–Crippen MR) is 72.9 cm³/mol. The molecule has 0 aliphatic carbocycles. The van der Waals surface area contributed by atoms with Crippen molar-refractivity contribution in [2.24, 2.45) is 0 Å². The van der Waals surface area contributed by atoms with Gasteiger partial charge in [0.15, 0.2) is 9.84 Å². The highest BCUT2D eigenvalue weighted by Gasteiger charge is 2.29. The molecule has 1 aliphatic rings. The van der Waals surface area contributed by atoms with Crippen LogP contribution >= 0.6 is 0 Å². The monoisotopic (exact) mass is 295 g/mol. The SMILES string of the molecule is CS(=O)(=O)c1cn[nH]c1[C@H]1CCN(Cc2cnc[nH]2)C1. The molecule has 0 unspecified atom stereocenters. The van der Waals surface area contributed by atoms with Crippen molar-refractivity contribution in [3.63, 3.8) is 0 Å². The number of likely N-dealkylation sites (tertiary alicyclic amines) is 1. The highest BCUT2D eigenvalue weighted by Crippen LogP contribution is 2.30. The molecule has 1 saturated heterocycles. The molecular weight excluding hydrogens is 278 g/mol. The van der Waals surface area contributed by atoms with Crippen LogP contribution < -0.4 is 0 Å². The van der Waals surface area contributed by atoms with E-state index < -0.39 is 9.84 Å². The lowest BCUT2D eigenvalue weighted by molar-refractivity contribution is 0.322. The van der Waals surface area contributed by atoms with Crippen molar-refractivity contribution in [1.82, 2.24) is 25.1 Å². The number of hydrogen-bond donors (Lipinski definition) is 2. The molecule has 1 atom stereocenters. The van der Waals surface area contributed by atoms with Crippen molar-refractivity contribution < 1.29 is 8.42 Å². The molecule has 0 spiro atoms. The van der Waals surface area contributed by atoms with Crippen LogP contribution in [0.2, 0.25) is 0 Å². The standard InChI is InChI=1S/C12H17N5O2S/c1-20(18,19)11-5-15-16-12(11)9-2-3-17(6-9)7-10-4-13-8-14-10/h4-5,8-9H,2-3,6-7H2,1H3,(H,13,14)(H,15,16)/t9-/m0/s1. The molecule has 20 heavy (non-hydrogen) atoms. The smallest absolute Gasteiger partial charge is 0.178 e. The third-order valence-corrected chi connectivity index (χ3v) is 4.79. The van der Waals surface area contributed by atoms with Gasteiger partial charge in [0.05, 0.1) is 18.2 Å². The summed E-state index contributed by atoms with van der Waals surface area (Å²) in [5, 5.41) is 6.75. The number of hydrogen-bond acceptors (Lipinski definition) is 5. The van der Waals surface area contributed by atoms with E-state index in [1.807, 2.05) is 6.20 Å². The van der Waals surface area contributed by atoms with Crippen LogP contribution in [-0.2, 0) is 16.4 Å². The van der Waals surface area contributed by atoms with E-state index in [1.54, 1.807) is 6.33 Å². The number of sulfone groups is 1. The molecule has 0 radical (unpaired) electrons. The van der Waals surface area contributed by atoms with Gasteiger partial charge in [-0.25, -0.2) is 13.4 Å². The second kappa shape index (κ2) is 5.02. The Morgan fingerprint density at radius 2 is 2.30 bits per heavy atom. The maximum atomic E-state index is 11.7. The fraction of sp³-hybridized carbons (Fsp3) is 0.500. The summed E-state index contributed by atoms with van der Waals surface area (Å²) in [6.07, 6.45) is 7.03. The van der Waals surface area contributed by atoms with E-state index in [4.69, 9.17) is 0 Å². The van der Waals surface area contributed by atoms with Gasteiger partial charge < -0.3 is 4.98 Å². The molecule has 1 aliphatic heterocycles. The minimum atomic E-state index is -3.22. The van der Waals surface area contributed by atoms with Gasteiger partial charge in [0.25, 0.3) is 0 Å². The zero-order valence-electron chi connectivity index (χ0n) is 11.2. The Kier molecular flexibility index (Phi) is 3.35. The van der Waals surface area contributed by atoms with Crippen molar-refractivity contribution in [3.8, 4) is 0 Å². The number of rotatable bonds is 4. The second-order valence-electron chi connectivity index (χ2n) is 5.22. The van der Waals surface area contributed by atoms with E-state index in [9.17, 15) is 8.42 Å². The third kappa shape index (κ3) is 2.61. The molecular formula is C12H17N5O2S. The van der Waals surface area contributed by atoms with Gasteiger partial charge in [-0.15, -0.1) is 0 Å². The van der Waals surface area contributed by atoms with Gasteiger partial charge in [-0.1, -0.05) is 0 Å². The topological polar surface area (TPSA) is 94.7 Å². The number of nitrogens with one attached hydrogen (secondary N) is 2. The first-order chi connectivity index (χ1) is 9.54. The summed E-state index contributed by atoms with van der Waals surface area (Å²) in [7, 11) is -3.22. The van der Waals surface area contributed by atoms with Crippen molar-refractivity contribution in [2.45, 2.75) is 23.8 Å². The highest BCUT2D eigenvalue weighted by molar-refractivity contribution is 7.90. The molecule has 2 N–H and O–H groups in total. The molecule has 3 heterocycles. The first-order valence-corrected chi connectivity index (χ1v) is 8.36. The average Bonchev–Trinajstić information content (AvgIpc) is 3.08. The summed E-state index contributed by atoms with van der Waals surface area (Å²) in [6, 6.07) is 0. The van der Waals surface area contributed by atoms with E-state index in [1.165, 1.54) is 12.5 Å². The minimum absolute atomic E-state index is 0.185. The third-order valence-electron chi connectivity index (χ3n) is 3.66. The lowest BCUT2D eigenvalue weighted by Gasteiger charge is -2.14. The van der Waals surface area contributed by atoms with E-state index in [0.29, 0.717) is 4.90 Å². The summed E-state index contributed by atoms with van der Waals surface area (Å²) < 4.78 is 23.4. The number of aromatic nitrogens is 4. The van der Waals surface area contributed by atoms with Crippen LogP contribution in [0.3, 0.4) is 0 Å². The Morgan fingerprint density at radius 3 is 3.00 bits per heavy atom. The van der Waals surface area contributed by atoms with Crippen molar-refractivity contribution >= 4 is 9.84 Å². The zero-order chi connectivity index (χ0) is 14.2. The molecule has 0 bridgehead atoms. The number of H-pyrrole nitrogens is 2. The molecule has 2 aromatic rings. The first-order valence-electron chi connectivity index (χ1n) is 6.47. The van der Waals surface area contributed by atoms with Crippen molar-refractivity contribution in [3.05, 3.63) is 30.1 Å². The van der Waals surface area contributed by atoms with Gasteiger partial charge in [-0.2, -0.15) is 5.10 Å². The summed E-state index contributed by atoms with van der Waals surface area (Å²) in [5.41, 5.74) is 1.80. The molecule has 3 rings (SSSR count). The number of imidazole rings is 1. The number of nitrogens with zero attached hydrogens (tertiary/aromatic N) is 3. The predicted octanol–water partition coefficient (Wildman–Crippen LogP) is 0.526. The summed E-state index contributed by atoms with van der Waals surface area (Å²) in [6.45, 7) is 2.56. The van der Waals surface area contributed by atoms with E-state index in [2.05, 4.69) is 25.1 Å². The van der Waals surface area contributed by atoms with Crippen LogP contribution in [0.5, 0.6) is 0 Å². The van der Waals surface area contributed by atoms with Crippen LogP contribution in [0.25, 0.3) is 0 Å². The Balaban J connectivity index is 1.73. The zero-order valence-corrected chi connectivity index (χ0v) is 12.0. The molecule has 0 saturated carbocycles. The Hall–Kier alpha value is -1.67. The Morgan fingerprint density at radius 1 is 1.45 bits per heavy atom. The lowest BCUT2D eigenvalue weighted by atomic mass is 10.1. The molecule has 8 heteroatoms. The van der Waals surface area contributed by atoms with E-state index >= 15 is 0 Å². The first kappa shape index (κ1) is 13.3. The summed E-state index contributed by atoms with van der Waals surface area (Å²) in [4.78, 5) is 9.69. The minimum Gasteiger partial charge on any atom is -0.347 e. The van der Waals surface area contributed by atoms with Crippen molar-refractivity contribution in [1.29, 1.82) is 0 Å². The van der Waals surface area contributed by atoms with E-state index in [0.717, 1.165) is 37.4 Å². The molecule has 0 aromatic carbocycles. The molecule has 7 nitrogen and oxygen atoms in total. The average molecular weight is 295 g/mol. The van der Waals surface area contributed by atoms with Crippen molar-refractivity contribution in [2.75, 3.05) is 19.3 Å². The van der Waals surface area contributed by atoms with Crippen LogP contribution in [0.15, 0.2) is 23.6 Å². The van der Waals surface area contributed by atoms with Gasteiger partial charge in [-0.3, -0.25) is 10.00 Å². The molecule has 2 aromatic heterocycles. The van der Waals surface area contributed by atoms with Crippen LogP contribution in [-0.4, -0.2) is 52.8 Å². The van der Waals surface area contributed by atoms with Crippen LogP contribution in [0.4, 0.5) is 0 Å². The van der Waals surface area contributed by atoms with Gasteiger partial charge >= 0.3 is 0 Å². The Bertz CT molecular complexity index is 677. The normalized spacial score (nSPS) is 20.6. The summed E-state index contributed by atoms with van der Waals surface area (Å²) >= 11 is 0. The highest BCUT2D eigenvalue weighted by atomic mass is 32.2. The molecule has 1 fully saturated rings. The molecule has 108 valence electrons. The van der Waals surface area contributed by atoms with Gasteiger partial charge in [0, 0.05) is 37.2 Å². The summed E-state index contributed by atoms with van der Waals surface area (Å²) in [5.74, 6) is 0.185. The second-order valence-corrected chi connectivity index (χ2v) is 7.20. The Labute approximate surface area is 117 Å². The largest absolute Gasteiger partial charge is 0.347 e. The number of aromatic amines is 2. The maximum Gasteiger partial charge on any atom is 0.178 e. The molecule has 0 amide bonds. The fourth-order valence-electron chi connectivity index (χ4n) is 2.70. The lowest BCUT2D eigenvalue weighted by Crippen LogP contribution is -2.20. The fourth-order valence-corrected chi connectivity index (χ4v) is 3.55.